The molecular formula is C20H20ClN3O5. The van der Waals surface area contributed by atoms with Crippen molar-refractivity contribution in [2.75, 3.05) is 19.5 Å². The molecule has 4 atom stereocenters. The van der Waals surface area contributed by atoms with Gasteiger partial charge in [0.2, 0.25) is 0 Å². The number of nitrogens with one attached hydrogen (secondary N) is 2. The molecule has 2 N–H and O–H groups in total. The van der Waals surface area contributed by atoms with E-state index in [1.807, 2.05) is 6.92 Å². The van der Waals surface area contributed by atoms with Crippen LogP contribution in [-0.4, -0.2) is 37.1 Å². The van der Waals surface area contributed by atoms with Crippen molar-refractivity contribution in [3.8, 4) is 11.5 Å². The number of carbonyl (C=O) groups excluding carboxylic acids is 1. The number of methoxy groups -OCH3 is 2. The van der Waals surface area contributed by atoms with Crippen LogP contribution in [0, 0.1) is 10.1 Å². The van der Waals surface area contributed by atoms with Crippen LogP contribution in [0.4, 0.5) is 5.69 Å². The summed E-state index contributed by atoms with van der Waals surface area (Å²) in [5.74, 6) is -0.268. The topological polar surface area (TPSA) is 103 Å². The van der Waals surface area contributed by atoms with Gasteiger partial charge >= 0.3 is 0 Å². The second-order valence-electron chi connectivity index (χ2n) is 7.23. The third-order valence-electron chi connectivity index (χ3n) is 5.83. The Morgan fingerprint density at radius 2 is 1.83 bits per heavy atom. The number of anilines is 1. The fraction of sp³-hybridized carbons (Fsp3) is 0.350. The summed E-state index contributed by atoms with van der Waals surface area (Å²) in [6.45, 7) is 1.82. The summed E-state index contributed by atoms with van der Waals surface area (Å²) in [5.41, 5.74) is 0.182. The van der Waals surface area contributed by atoms with Crippen LogP contribution in [0.25, 0.3) is 0 Å². The molecule has 1 fully saturated rings. The lowest BCUT2D eigenvalue weighted by Gasteiger charge is -2.26. The molecule has 1 spiro atoms. The Kier molecular flexibility index (Phi) is 4.63. The highest BCUT2D eigenvalue weighted by Crippen LogP contribution is 2.51. The average Bonchev–Trinajstić information content (AvgIpc) is 3.16. The summed E-state index contributed by atoms with van der Waals surface area (Å²) < 4.78 is 10.6. The lowest BCUT2D eigenvalue weighted by molar-refractivity contribution is -0.532. The molecule has 152 valence electrons. The van der Waals surface area contributed by atoms with Gasteiger partial charge in [0, 0.05) is 33.3 Å². The maximum atomic E-state index is 13.0. The third kappa shape index (κ3) is 2.67. The first kappa shape index (κ1) is 19.5. The molecule has 0 aromatic heterocycles. The van der Waals surface area contributed by atoms with Crippen LogP contribution in [0.3, 0.4) is 0 Å². The number of nitro groups is 1. The molecule has 2 aliphatic heterocycles. The summed E-state index contributed by atoms with van der Waals surface area (Å²) in [6, 6.07) is 8.58. The lowest BCUT2D eigenvalue weighted by atomic mass is 9.78. The maximum Gasteiger partial charge on any atom is 0.256 e. The molecule has 0 bridgehead atoms. The van der Waals surface area contributed by atoms with Gasteiger partial charge in [0.15, 0.2) is 17.0 Å². The van der Waals surface area contributed by atoms with E-state index in [0.29, 0.717) is 33.3 Å². The summed E-state index contributed by atoms with van der Waals surface area (Å²) in [6.07, 6.45) is 0. The Morgan fingerprint density at radius 1 is 1.17 bits per heavy atom. The average molecular weight is 418 g/mol. The molecule has 0 unspecified atom stereocenters. The van der Waals surface area contributed by atoms with Crippen LogP contribution >= 0.6 is 11.6 Å². The molecule has 2 aromatic rings. The fourth-order valence-corrected chi connectivity index (χ4v) is 4.93. The zero-order chi connectivity index (χ0) is 20.9. The number of fused-ring (bicyclic) bond motifs is 2. The van der Waals surface area contributed by atoms with Crippen LogP contribution in [0.5, 0.6) is 11.5 Å². The highest BCUT2D eigenvalue weighted by atomic mass is 35.5. The highest BCUT2D eigenvalue weighted by molar-refractivity contribution is 6.31. The van der Waals surface area contributed by atoms with E-state index in [4.69, 9.17) is 21.1 Å². The van der Waals surface area contributed by atoms with Crippen molar-refractivity contribution >= 4 is 23.2 Å². The minimum absolute atomic E-state index is 0.317. The number of benzene rings is 2. The van der Waals surface area contributed by atoms with Gasteiger partial charge in [-0.25, -0.2) is 0 Å². The molecule has 2 aromatic carbocycles. The molecule has 2 heterocycles. The smallest absolute Gasteiger partial charge is 0.256 e. The zero-order valence-corrected chi connectivity index (χ0v) is 16.8. The first-order valence-electron chi connectivity index (χ1n) is 9.08. The number of halogens is 1. The van der Waals surface area contributed by atoms with Gasteiger partial charge in [0.25, 0.3) is 11.9 Å². The monoisotopic (exact) mass is 417 g/mol. The van der Waals surface area contributed by atoms with Crippen LogP contribution in [0.2, 0.25) is 5.02 Å². The predicted molar refractivity (Wildman–Crippen MR) is 107 cm³/mol. The van der Waals surface area contributed by atoms with E-state index in [0.717, 1.165) is 0 Å². The molecule has 0 saturated carbocycles. The molecule has 2 aliphatic rings. The molecule has 0 radical (unpaired) electrons. The quantitative estimate of drug-likeness (QED) is 0.585. The summed E-state index contributed by atoms with van der Waals surface area (Å²) in [4.78, 5) is 25.0. The Hall–Kier alpha value is -2.84. The zero-order valence-electron chi connectivity index (χ0n) is 16.1. The number of amides is 1. The number of nitrogens with zero attached hydrogens (tertiary/aromatic N) is 1. The van der Waals surface area contributed by atoms with E-state index in [-0.39, 0.29) is 0 Å². The molecule has 4 rings (SSSR count). The molecule has 1 saturated heterocycles. The van der Waals surface area contributed by atoms with Gasteiger partial charge in [-0.05, 0) is 24.6 Å². The third-order valence-corrected chi connectivity index (χ3v) is 6.15. The maximum absolute atomic E-state index is 13.0. The summed E-state index contributed by atoms with van der Waals surface area (Å²) in [5, 5.41) is 18.6. The first-order valence-corrected chi connectivity index (χ1v) is 9.46. The van der Waals surface area contributed by atoms with Crippen LogP contribution < -0.4 is 20.1 Å². The van der Waals surface area contributed by atoms with Crippen molar-refractivity contribution in [1.82, 2.24) is 5.32 Å². The van der Waals surface area contributed by atoms with Gasteiger partial charge < -0.3 is 14.8 Å². The van der Waals surface area contributed by atoms with Gasteiger partial charge in [-0.2, -0.15) is 0 Å². The van der Waals surface area contributed by atoms with Gasteiger partial charge in [-0.1, -0.05) is 29.8 Å². The second kappa shape index (κ2) is 6.89. The fourth-order valence-electron chi connectivity index (χ4n) is 4.65. The van der Waals surface area contributed by atoms with Gasteiger partial charge in [-0.15, -0.1) is 0 Å². The Bertz CT molecular complexity index is 1010. The van der Waals surface area contributed by atoms with Crippen molar-refractivity contribution in [2.24, 2.45) is 0 Å². The van der Waals surface area contributed by atoms with Gasteiger partial charge in [0.05, 0.1) is 20.1 Å². The van der Waals surface area contributed by atoms with Crippen LogP contribution in [0.15, 0.2) is 36.4 Å². The SMILES string of the molecule is COc1cc(Cl)c([C@@H]2[C@H](C)N[C@]3(C(=O)Nc4ccccc43)[C@H]2[N+](=O)[O-])cc1OC. The van der Waals surface area contributed by atoms with E-state index < -0.39 is 34.4 Å². The van der Waals surface area contributed by atoms with Crippen molar-refractivity contribution < 1.29 is 19.2 Å². The number of hydrogen-bond donors (Lipinski definition) is 2. The van der Waals surface area contributed by atoms with Crippen LogP contribution in [0.1, 0.15) is 24.0 Å². The van der Waals surface area contributed by atoms with Gasteiger partial charge in [-0.3, -0.25) is 20.2 Å². The molecular weight excluding hydrogens is 398 g/mol. The summed E-state index contributed by atoms with van der Waals surface area (Å²) in [7, 11) is 2.97. The Labute approximate surface area is 172 Å². The van der Waals surface area contributed by atoms with E-state index in [1.165, 1.54) is 14.2 Å². The lowest BCUT2D eigenvalue weighted by Crippen LogP contribution is -2.54. The van der Waals surface area contributed by atoms with E-state index >= 15 is 0 Å². The summed E-state index contributed by atoms with van der Waals surface area (Å²) >= 11 is 6.50. The molecule has 8 nitrogen and oxygen atoms in total. The number of carbonyl (C=O) groups is 1. The van der Waals surface area contributed by atoms with Crippen molar-refractivity contribution in [3.05, 3.63) is 62.7 Å². The number of hydrogen-bond acceptors (Lipinski definition) is 6. The molecule has 9 heteroatoms. The minimum Gasteiger partial charge on any atom is -0.493 e. The van der Waals surface area contributed by atoms with Crippen molar-refractivity contribution in [1.29, 1.82) is 0 Å². The van der Waals surface area contributed by atoms with E-state index in [2.05, 4.69) is 10.6 Å². The normalized spacial score (nSPS) is 27.6. The number of rotatable bonds is 4. The minimum atomic E-state index is -1.49. The van der Waals surface area contributed by atoms with E-state index in [1.54, 1.807) is 36.4 Å². The van der Waals surface area contributed by atoms with Crippen LogP contribution in [-0.2, 0) is 10.3 Å². The first-order chi connectivity index (χ1) is 13.8. The number of para-hydroxylation sites is 1. The van der Waals surface area contributed by atoms with E-state index in [9.17, 15) is 14.9 Å². The standard InChI is InChI=1S/C20H20ClN3O5/c1-10-17(11-8-15(28-2)16(29-3)9-13(11)21)18(24(26)27)20(23-10)12-6-4-5-7-14(12)22-19(20)25/h4-10,17-18,23H,1-3H3,(H,22,25)/t10-,17-,18-,20-/m0/s1. The molecule has 29 heavy (non-hydrogen) atoms. The van der Waals surface area contributed by atoms with Gasteiger partial charge in [0.1, 0.15) is 0 Å². The predicted octanol–water partition coefficient (Wildman–Crippen LogP) is 2.93. The Balaban J connectivity index is 1.91. The van der Waals surface area contributed by atoms with Crippen molar-refractivity contribution in [3.63, 3.8) is 0 Å². The largest absolute Gasteiger partial charge is 0.493 e. The molecule has 1 amide bonds. The molecule has 0 aliphatic carbocycles. The Morgan fingerprint density at radius 3 is 2.48 bits per heavy atom. The second-order valence-corrected chi connectivity index (χ2v) is 7.63. The highest BCUT2D eigenvalue weighted by Gasteiger charge is 2.67. The number of ether oxygens (including phenoxy) is 2. The van der Waals surface area contributed by atoms with Crippen molar-refractivity contribution in [2.45, 2.75) is 30.5 Å².